The van der Waals surface area contributed by atoms with Crippen molar-refractivity contribution in [3.05, 3.63) is 57.4 Å². The molecule has 0 fully saturated rings. The summed E-state index contributed by atoms with van der Waals surface area (Å²) in [5, 5.41) is 0. The van der Waals surface area contributed by atoms with Gasteiger partial charge in [-0.25, -0.2) is 0 Å². The Morgan fingerprint density at radius 2 is 1.83 bits per heavy atom. The molecule has 0 saturated carbocycles. The summed E-state index contributed by atoms with van der Waals surface area (Å²) in [6.07, 6.45) is 8.00. The molecular weight excluding hydrogens is 286 g/mol. The summed E-state index contributed by atoms with van der Waals surface area (Å²) >= 11 is 3.46. The number of rotatable bonds is 3. The molecule has 0 bridgehead atoms. The van der Waals surface area contributed by atoms with Crippen LogP contribution in [0.4, 0.5) is 0 Å². The summed E-state index contributed by atoms with van der Waals surface area (Å²) in [5.41, 5.74) is 6.30. The van der Waals surface area contributed by atoms with Crippen molar-refractivity contribution < 1.29 is 0 Å². The average molecular weight is 306 g/mol. The number of allylic oxidation sites excluding steroid dienone is 6. The number of pyridine rings is 1. The molecule has 2 heteroatoms. The Balaban J connectivity index is 3.40. The Labute approximate surface area is 118 Å². The molecular formula is C16H20BrN. The Kier molecular flexibility index (Phi) is 5.54. The van der Waals surface area contributed by atoms with Crippen LogP contribution in [0.25, 0.3) is 5.57 Å². The minimum absolute atomic E-state index is 1.11. The third kappa shape index (κ3) is 3.95. The van der Waals surface area contributed by atoms with Gasteiger partial charge < -0.3 is 0 Å². The van der Waals surface area contributed by atoms with E-state index in [1.54, 1.807) is 0 Å². The van der Waals surface area contributed by atoms with Gasteiger partial charge in [0.1, 0.15) is 0 Å². The summed E-state index contributed by atoms with van der Waals surface area (Å²) in [6, 6.07) is 2.05. The molecule has 0 radical (unpaired) electrons. The van der Waals surface area contributed by atoms with Crippen LogP contribution in [-0.2, 0) is 0 Å². The molecule has 0 atom stereocenters. The molecule has 0 aromatic carbocycles. The lowest BCUT2D eigenvalue weighted by molar-refractivity contribution is 1.24. The van der Waals surface area contributed by atoms with Crippen LogP contribution in [0.3, 0.4) is 0 Å². The van der Waals surface area contributed by atoms with Crippen LogP contribution >= 0.6 is 15.9 Å². The Morgan fingerprint density at radius 3 is 2.33 bits per heavy atom. The molecule has 0 aliphatic carbocycles. The van der Waals surface area contributed by atoms with E-state index in [1.807, 2.05) is 25.4 Å². The predicted molar refractivity (Wildman–Crippen MR) is 83.7 cm³/mol. The summed E-state index contributed by atoms with van der Waals surface area (Å²) in [4.78, 5) is 4.24. The summed E-state index contributed by atoms with van der Waals surface area (Å²) in [6.45, 7) is 10.6. The van der Waals surface area contributed by atoms with Crippen molar-refractivity contribution in [2.24, 2.45) is 0 Å². The lowest BCUT2D eigenvalue weighted by Gasteiger charge is -2.12. The van der Waals surface area contributed by atoms with Gasteiger partial charge in [0, 0.05) is 18.0 Å². The zero-order valence-electron chi connectivity index (χ0n) is 11.7. The van der Waals surface area contributed by atoms with Crippen LogP contribution < -0.4 is 0 Å². The molecule has 0 aliphatic rings. The van der Waals surface area contributed by atoms with E-state index in [0.717, 1.165) is 4.48 Å². The van der Waals surface area contributed by atoms with Gasteiger partial charge in [-0.1, -0.05) is 33.7 Å². The highest BCUT2D eigenvalue weighted by Gasteiger charge is 2.07. The minimum Gasteiger partial charge on any atom is -0.264 e. The topological polar surface area (TPSA) is 12.9 Å². The van der Waals surface area contributed by atoms with Gasteiger partial charge >= 0.3 is 0 Å². The van der Waals surface area contributed by atoms with Gasteiger partial charge in [0.2, 0.25) is 0 Å². The zero-order valence-corrected chi connectivity index (χ0v) is 13.3. The summed E-state index contributed by atoms with van der Waals surface area (Å²) < 4.78 is 1.11. The van der Waals surface area contributed by atoms with Crippen LogP contribution in [0.15, 0.2) is 46.2 Å². The van der Waals surface area contributed by atoms with E-state index in [9.17, 15) is 0 Å². The smallest absolute Gasteiger partial charge is 0.0349 e. The van der Waals surface area contributed by atoms with Gasteiger partial charge in [-0.3, -0.25) is 4.98 Å². The average Bonchev–Trinajstić information content (AvgIpc) is 2.30. The molecule has 1 aromatic rings. The SMILES string of the molecule is CC(C)=C(C)/C(=C\C=C(/C)Br)c1cnccc1C. The van der Waals surface area contributed by atoms with Crippen LogP contribution in [0.1, 0.15) is 38.8 Å². The second-order valence-corrected chi connectivity index (χ2v) is 5.90. The molecule has 0 N–H and O–H groups in total. The highest BCUT2D eigenvalue weighted by atomic mass is 79.9. The Bertz CT molecular complexity index is 514. The van der Waals surface area contributed by atoms with Crippen LogP contribution in [0, 0.1) is 6.92 Å². The van der Waals surface area contributed by atoms with Crippen molar-refractivity contribution in [1.29, 1.82) is 0 Å². The first-order valence-corrected chi connectivity index (χ1v) is 6.82. The third-order valence-corrected chi connectivity index (χ3v) is 3.23. The number of hydrogen-bond acceptors (Lipinski definition) is 1. The van der Waals surface area contributed by atoms with Crippen LogP contribution in [0.2, 0.25) is 0 Å². The van der Waals surface area contributed by atoms with E-state index in [4.69, 9.17) is 0 Å². The second-order valence-electron chi connectivity index (χ2n) is 4.65. The van der Waals surface area contributed by atoms with Crippen LogP contribution in [0.5, 0.6) is 0 Å². The molecule has 1 rings (SSSR count). The van der Waals surface area contributed by atoms with Crippen molar-refractivity contribution in [2.75, 3.05) is 0 Å². The maximum Gasteiger partial charge on any atom is 0.0349 e. The molecule has 96 valence electrons. The van der Waals surface area contributed by atoms with E-state index >= 15 is 0 Å². The number of nitrogens with zero attached hydrogens (tertiary/aromatic N) is 1. The Morgan fingerprint density at radius 1 is 1.17 bits per heavy atom. The van der Waals surface area contributed by atoms with Crippen molar-refractivity contribution in [2.45, 2.75) is 34.6 Å². The largest absolute Gasteiger partial charge is 0.264 e. The molecule has 1 nitrogen and oxygen atoms in total. The normalized spacial score (nSPS) is 12.6. The molecule has 0 spiro atoms. The van der Waals surface area contributed by atoms with Crippen molar-refractivity contribution in [3.63, 3.8) is 0 Å². The lowest BCUT2D eigenvalue weighted by atomic mass is 9.94. The summed E-state index contributed by atoms with van der Waals surface area (Å²) in [5.74, 6) is 0. The standard InChI is InChI=1S/C16H20BrN/c1-11(2)14(5)15(7-6-13(4)17)16-10-18-9-8-12(16)3/h6-10H,1-5H3/b13-6+,15-7+. The fraction of sp³-hybridized carbons (Fsp3) is 0.312. The second kappa shape index (κ2) is 6.69. The van der Waals surface area contributed by atoms with E-state index in [-0.39, 0.29) is 0 Å². The maximum atomic E-state index is 4.24. The zero-order chi connectivity index (χ0) is 13.7. The van der Waals surface area contributed by atoms with Gasteiger partial charge in [0.25, 0.3) is 0 Å². The predicted octanol–water partition coefficient (Wildman–Crippen LogP) is 5.43. The van der Waals surface area contributed by atoms with E-state index in [0.29, 0.717) is 0 Å². The minimum atomic E-state index is 1.11. The van der Waals surface area contributed by atoms with E-state index in [2.05, 4.69) is 60.8 Å². The van der Waals surface area contributed by atoms with Gasteiger partial charge in [0.15, 0.2) is 0 Å². The van der Waals surface area contributed by atoms with Crippen molar-refractivity contribution >= 4 is 21.5 Å². The third-order valence-electron chi connectivity index (χ3n) is 2.96. The van der Waals surface area contributed by atoms with Gasteiger partial charge in [-0.2, -0.15) is 0 Å². The molecule has 1 heterocycles. The van der Waals surface area contributed by atoms with E-state index < -0.39 is 0 Å². The fourth-order valence-electron chi connectivity index (χ4n) is 1.63. The van der Waals surface area contributed by atoms with Gasteiger partial charge in [-0.15, -0.1) is 0 Å². The molecule has 0 amide bonds. The number of hydrogen-bond donors (Lipinski definition) is 0. The molecule has 0 unspecified atom stereocenters. The van der Waals surface area contributed by atoms with Gasteiger partial charge in [0.05, 0.1) is 0 Å². The monoisotopic (exact) mass is 305 g/mol. The first-order valence-electron chi connectivity index (χ1n) is 6.03. The van der Waals surface area contributed by atoms with Crippen molar-refractivity contribution in [1.82, 2.24) is 4.98 Å². The number of halogens is 1. The highest BCUT2D eigenvalue weighted by molar-refractivity contribution is 9.11. The van der Waals surface area contributed by atoms with E-state index in [1.165, 1.54) is 27.8 Å². The van der Waals surface area contributed by atoms with Crippen LogP contribution in [-0.4, -0.2) is 4.98 Å². The maximum absolute atomic E-state index is 4.24. The van der Waals surface area contributed by atoms with Crippen molar-refractivity contribution in [3.8, 4) is 0 Å². The quantitative estimate of drug-likeness (QED) is 0.679. The Hall–Kier alpha value is -1.15. The summed E-state index contributed by atoms with van der Waals surface area (Å²) in [7, 11) is 0. The highest BCUT2D eigenvalue weighted by Crippen LogP contribution is 2.27. The van der Waals surface area contributed by atoms with Gasteiger partial charge in [-0.05, 0) is 61.9 Å². The number of aryl methyl sites for hydroxylation is 1. The fourth-order valence-corrected chi connectivity index (χ4v) is 1.76. The molecule has 1 aromatic heterocycles. The lowest BCUT2D eigenvalue weighted by Crippen LogP contribution is -1.93. The first kappa shape index (κ1) is 14.9. The molecule has 0 saturated heterocycles. The number of aromatic nitrogens is 1. The first-order chi connectivity index (χ1) is 8.43. The molecule has 0 aliphatic heterocycles. The molecule has 18 heavy (non-hydrogen) atoms.